The van der Waals surface area contributed by atoms with E-state index in [0.717, 1.165) is 29.9 Å². The molecule has 3 nitrogen and oxygen atoms in total. The Hall–Kier alpha value is -1.02. The maximum absolute atomic E-state index is 8.95. The van der Waals surface area contributed by atoms with Gasteiger partial charge < -0.3 is 9.84 Å². The van der Waals surface area contributed by atoms with Crippen molar-refractivity contribution in [2.75, 3.05) is 19.0 Å². The van der Waals surface area contributed by atoms with E-state index in [0.29, 0.717) is 11.3 Å². The molecule has 1 aromatic rings. The average Bonchev–Trinajstić information content (AvgIpc) is 2.45. The third kappa shape index (κ3) is 3.26. The number of nitriles is 1. The zero-order chi connectivity index (χ0) is 12.8. The average molecular weight is 263 g/mol. The van der Waals surface area contributed by atoms with Gasteiger partial charge in [-0.2, -0.15) is 5.26 Å². The summed E-state index contributed by atoms with van der Waals surface area (Å²) in [6.07, 6.45) is 3.51. The number of aliphatic hydroxyl groups is 1. The third-order valence-corrected chi connectivity index (χ3v) is 4.07. The highest BCUT2D eigenvalue weighted by Gasteiger charge is 2.19. The lowest BCUT2D eigenvalue weighted by Gasteiger charge is -2.24. The first-order valence-electron chi connectivity index (χ1n) is 6.24. The quantitative estimate of drug-likeness (QED) is 0.849. The highest BCUT2D eigenvalue weighted by atomic mass is 32.2. The summed E-state index contributed by atoms with van der Waals surface area (Å²) >= 11 is 1.59. The fourth-order valence-electron chi connectivity index (χ4n) is 2.14. The molecule has 4 heteroatoms. The maximum Gasteiger partial charge on any atom is 0.0992 e. The molecule has 1 atom stereocenters. The first-order chi connectivity index (χ1) is 8.85. The van der Waals surface area contributed by atoms with E-state index in [4.69, 9.17) is 15.1 Å². The van der Waals surface area contributed by atoms with E-state index < -0.39 is 0 Å². The standard InChI is InChI=1S/C14H17NO2S/c15-10-11-4-5-12(13-3-1-2-7-17-13)14(9-11)18-8-6-16/h4-5,9,13,16H,1-3,6-8H2. The van der Waals surface area contributed by atoms with Gasteiger partial charge in [0, 0.05) is 17.3 Å². The summed E-state index contributed by atoms with van der Waals surface area (Å²) in [6.45, 7) is 0.960. The van der Waals surface area contributed by atoms with Crippen LogP contribution in [0.1, 0.15) is 36.5 Å². The van der Waals surface area contributed by atoms with Gasteiger partial charge in [0.15, 0.2) is 0 Å². The van der Waals surface area contributed by atoms with Crippen LogP contribution in [0.3, 0.4) is 0 Å². The van der Waals surface area contributed by atoms with Crippen LogP contribution in [0, 0.1) is 11.3 Å². The zero-order valence-electron chi connectivity index (χ0n) is 10.3. The molecule has 0 amide bonds. The van der Waals surface area contributed by atoms with Crippen molar-refractivity contribution in [3.63, 3.8) is 0 Å². The molecule has 0 spiro atoms. The van der Waals surface area contributed by atoms with E-state index in [1.165, 1.54) is 6.42 Å². The van der Waals surface area contributed by atoms with E-state index in [-0.39, 0.29) is 12.7 Å². The van der Waals surface area contributed by atoms with E-state index in [9.17, 15) is 0 Å². The Bertz CT molecular complexity index is 436. The van der Waals surface area contributed by atoms with Gasteiger partial charge in [0.2, 0.25) is 0 Å². The molecule has 1 N–H and O–H groups in total. The van der Waals surface area contributed by atoms with Crippen molar-refractivity contribution in [1.82, 2.24) is 0 Å². The fraction of sp³-hybridized carbons (Fsp3) is 0.500. The fourth-order valence-corrected chi connectivity index (χ4v) is 3.02. The van der Waals surface area contributed by atoms with Crippen LogP contribution in [0.15, 0.2) is 23.1 Å². The van der Waals surface area contributed by atoms with Crippen LogP contribution in [-0.4, -0.2) is 24.1 Å². The largest absolute Gasteiger partial charge is 0.396 e. The lowest BCUT2D eigenvalue weighted by molar-refractivity contribution is 0.0134. The zero-order valence-corrected chi connectivity index (χ0v) is 11.1. The minimum atomic E-state index is 0.145. The molecule has 96 valence electrons. The van der Waals surface area contributed by atoms with Crippen molar-refractivity contribution in [3.8, 4) is 6.07 Å². The molecule has 1 aliphatic rings. The number of benzene rings is 1. The van der Waals surface area contributed by atoms with Gasteiger partial charge in [-0.3, -0.25) is 0 Å². The number of ether oxygens (including phenoxy) is 1. The molecule has 1 aliphatic heterocycles. The number of rotatable bonds is 4. The van der Waals surface area contributed by atoms with Gasteiger partial charge in [-0.25, -0.2) is 0 Å². The summed E-state index contributed by atoms with van der Waals surface area (Å²) in [4.78, 5) is 1.06. The second-order valence-electron chi connectivity index (χ2n) is 4.29. The molecule has 1 fully saturated rings. The van der Waals surface area contributed by atoms with Crippen LogP contribution in [-0.2, 0) is 4.74 Å². The van der Waals surface area contributed by atoms with Crippen LogP contribution in [0.2, 0.25) is 0 Å². The second kappa shape index (κ2) is 6.79. The molecule has 0 saturated carbocycles. The van der Waals surface area contributed by atoms with E-state index in [1.54, 1.807) is 11.8 Å². The van der Waals surface area contributed by atoms with Crippen LogP contribution >= 0.6 is 11.8 Å². The first-order valence-corrected chi connectivity index (χ1v) is 7.23. The predicted molar refractivity (Wildman–Crippen MR) is 71.5 cm³/mol. The second-order valence-corrected chi connectivity index (χ2v) is 5.43. The third-order valence-electron chi connectivity index (χ3n) is 3.02. The molecule has 0 bridgehead atoms. The predicted octanol–water partition coefficient (Wildman–Crippen LogP) is 2.88. The molecule has 0 aliphatic carbocycles. The first kappa shape index (κ1) is 13.4. The molecular formula is C14H17NO2S. The number of hydrogen-bond donors (Lipinski definition) is 1. The maximum atomic E-state index is 8.95. The van der Waals surface area contributed by atoms with Crippen LogP contribution < -0.4 is 0 Å². The van der Waals surface area contributed by atoms with Gasteiger partial charge in [-0.15, -0.1) is 11.8 Å². The van der Waals surface area contributed by atoms with Crippen molar-refractivity contribution >= 4 is 11.8 Å². The Labute approximate surface area is 112 Å². The molecular weight excluding hydrogens is 246 g/mol. The number of hydrogen-bond acceptors (Lipinski definition) is 4. The Morgan fingerprint density at radius 3 is 3.00 bits per heavy atom. The Balaban J connectivity index is 2.23. The van der Waals surface area contributed by atoms with Crippen molar-refractivity contribution in [1.29, 1.82) is 5.26 Å². The van der Waals surface area contributed by atoms with Crippen LogP contribution in [0.5, 0.6) is 0 Å². The van der Waals surface area contributed by atoms with Gasteiger partial charge in [-0.05, 0) is 37.0 Å². The smallest absolute Gasteiger partial charge is 0.0992 e. The monoisotopic (exact) mass is 263 g/mol. The number of nitrogens with zero attached hydrogens (tertiary/aromatic N) is 1. The lowest BCUT2D eigenvalue weighted by Crippen LogP contribution is -2.12. The summed E-state index contributed by atoms with van der Waals surface area (Å²) < 4.78 is 5.80. The highest BCUT2D eigenvalue weighted by Crippen LogP contribution is 2.35. The Morgan fingerprint density at radius 1 is 1.44 bits per heavy atom. The molecule has 0 aromatic heterocycles. The van der Waals surface area contributed by atoms with Crippen molar-refractivity contribution in [2.24, 2.45) is 0 Å². The summed E-state index contributed by atoms with van der Waals surface area (Å²) in [5.74, 6) is 0.647. The number of aliphatic hydroxyl groups excluding tert-OH is 1. The molecule has 1 heterocycles. The van der Waals surface area contributed by atoms with Gasteiger partial charge in [0.25, 0.3) is 0 Å². The summed E-state index contributed by atoms with van der Waals surface area (Å²) in [6, 6.07) is 7.89. The lowest BCUT2D eigenvalue weighted by atomic mass is 10.0. The summed E-state index contributed by atoms with van der Waals surface area (Å²) in [5.41, 5.74) is 1.82. The van der Waals surface area contributed by atoms with E-state index >= 15 is 0 Å². The summed E-state index contributed by atoms with van der Waals surface area (Å²) in [7, 11) is 0. The van der Waals surface area contributed by atoms with Gasteiger partial charge in [-0.1, -0.05) is 6.07 Å². The molecule has 1 unspecified atom stereocenters. The normalized spacial score (nSPS) is 19.4. The Morgan fingerprint density at radius 2 is 2.33 bits per heavy atom. The molecule has 1 saturated heterocycles. The van der Waals surface area contributed by atoms with Crippen molar-refractivity contribution < 1.29 is 9.84 Å². The van der Waals surface area contributed by atoms with Gasteiger partial charge in [0.05, 0.1) is 24.3 Å². The highest BCUT2D eigenvalue weighted by molar-refractivity contribution is 7.99. The molecule has 18 heavy (non-hydrogen) atoms. The van der Waals surface area contributed by atoms with Gasteiger partial charge >= 0.3 is 0 Å². The van der Waals surface area contributed by atoms with Crippen LogP contribution in [0.4, 0.5) is 0 Å². The topological polar surface area (TPSA) is 53.2 Å². The molecule has 0 radical (unpaired) electrons. The van der Waals surface area contributed by atoms with E-state index in [2.05, 4.69) is 6.07 Å². The van der Waals surface area contributed by atoms with Crippen molar-refractivity contribution in [2.45, 2.75) is 30.3 Å². The molecule has 2 rings (SSSR count). The minimum Gasteiger partial charge on any atom is -0.396 e. The van der Waals surface area contributed by atoms with E-state index in [1.807, 2.05) is 18.2 Å². The van der Waals surface area contributed by atoms with Gasteiger partial charge in [0.1, 0.15) is 0 Å². The summed E-state index contributed by atoms with van der Waals surface area (Å²) in [5, 5.41) is 17.9. The number of thioether (sulfide) groups is 1. The SMILES string of the molecule is N#Cc1ccc(C2CCCCO2)c(SCCO)c1. The van der Waals surface area contributed by atoms with Crippen molar-refractivity contribution in [3.05, 3.63) is 29.3 Å². The van der Waals surface area contributed by atoms with Crippen LogP contribution in [0.25, 0.3) is 0 Å². The minimum absolute atomic E-state index is 0.145. The Kier molecular flexibility index (Phi) is 5.06. The molecule has 1 aromatic carbocycles.